The maximum absolute atomic E-state index is 12.0. The fourth-order valence-corrected chi connectivity index (χ4v) is 3.13. The van der Waals surface area contributed by atoms with Crippen LogP contribution in [0.1, 0.15) is 12.8 Å². The number of rotatable bonds is 6. The molecule has 0 spiro atoms. The number of anilines is 1. The van der Waals surface area contributed by atoms with Gasteiger partial charge in [-0.05, 0) is 31.2 Å². The number of carbonyl (C=O) groups excluding carboxylic acids is 1. The highest BCUT2D eigenvalue weighted by Crippen LogP contribution is 2.30. The highest BCUT2D eigenvalue weighted by atomic mass is 32.2. The molecule has 2 rings (SSSR count). The van der Waals surface area contributed by atoms with Crippen molar-refractivity contribution >= 4 is 23.4 Å². The summed E-state index contributed by atoms with van der Waals surface area (Å²) in [6.07, 6.45) is 4.06. The van der Waals surface area contributed by atoms with Gasteiger partial charge in [-0.25, -0.2) is 0 Å². The lowest BCUT2D eigenvalue weighted by molar-refractivity contribution is -0.129. The predicted octanol–water partition coefficient (Wildman–Crippen LogP) is 2.47. The van der Waals surface area contributed by atoms with Crippen molar-refractivity contribution in [1.82, 2.24) is 4.90 Å². The molecule has 6 heteroatoms. The molecular formula is C16H24N2O3S. The summed E-state index contributed by atoms with van der Waals surface area (Å²) in [4.78, 5) is 14.0. The van der Waals surface area contributed by atoms with Gasteiger partial charge in [-0.3, -0.25) is 4.79 Å². The van der Waals surface area contributed by atoms with Crippen molar-refractivity contribution in [1.29, 1.82) is 0 Å². The van der Waals surface area contributed by atoms with Crippen LogP contribution in [0.4, 0.5) is 5.69 Å². The van der Waals surface area contributed by atoms with Gasteiger partial charge in [-0.15, -0.1) is 0 Å². The smallest absolute Gasteiger partial charge is 0.232 e. The number of benzene rings is 1. The molecule has 0 saturated carbocycles. The molecule has 1 aliphatic heterocycles. The van der Waals surface area contributed by atoms with E-state index in [1.807, 2.05) is 29.4 Å². The third-order valence-corrected chi connectivity index (χ3v) is 4.33. The number of piperidine rings is 1. The first-order valence-corrected chi connectivity index (χ1v) is 8.82. The lowest BCUT2D eigenvalue weighted by Crippen LogP contribution is -2.45. The minimum Gasteiger partial charge on any atom is -0.493 e. The summed E-state index contributed by atoms with van der Waals surface area (Å²) in [5, 5.41) is 3.50. The zero-order valence-electron chi connectivity index (χ0n) is 13.4. The molecule has 1 saturated heterocycles. The van der Waals surface area contributed by atoms with E-state index in [4.69, 9.17) is 9.47 Å². The van der Waals surface area contributed by atoms with Gasteiger partial charge in [0.25, 0.3) is 0 Å². The van der Waals surface area contributed by atoms with E-state index in [1.165, 1.54) is 0 Å². The average molecular weight is 324 g/mol. The maximum Gasteiger partial charge on any atom is 0.232 e. The molecule has 1 atom stereocenters. The van der Waals surface area contributed by atoms with Gasteiger partial charge in [0, 0.05) is 30.9 Å². The molecule has 1 aliphatic rings. The van der Waals surface area contributed by atoms with Gasteiger partial charge in [0.05, 0.1) is 20.0 Å². The summed E-state index contributed by atoms with van der Waals surface area (Å²) >= 11 is 1.58. The molecule has 122 valence electrons. The SMILES string of the molecule is COc1ccc(N[C@H]2CCCN(C(=O)CSC)C2)cc1OC. The van der Waals surface area contributed by atoms with Crippen molar-refractivity contribution in [3.63, 3.8) is 0 Å². The van der Waals surface area contributed by atoms with Crippen LogP contribution < -0.4 is 14.8 Å². The molecule has 1 aromatic carbocycles. The van der Waals surface area contributed by atoms with Crippen LogP contribution in [0.5, 0.6) is 11.5 Å². The van der Waals surface area contributed by atoms with E-state index in [-0.39, 0.29) is 11.9 Å². The second-order valence-electron chi connectivity index (χ2n) is 5.33. The van der Waals surface area contributed by atoms with Crippen LogP contribution in [-0.4, -0.2) is 56.2 Å². The molecular weight excluding hydrogens is 300 g/mol. The molecule has 22 heavy (non-hydrogen) atoms. The highest BCUT2D eigenvalue weighted by molar-refractivity contribution is 7.99. The number of nitrogens with zero attached hydrogens (tertiary/aromatic N) is 1. The minimum atomic E-state index is 0.228. The standard InChI is InChI=1S/C16H24N2O3S/c1-20-14-7-6-12(9-15(14)21-2)17-13-5-4-8-18(10-13)16(19)11-22-3/h6-7,9,13,17H,4-5,8,10-11H2,1-3H3/t13-/m0/s1. The minimum absolute atomic E-state index is 0.228. The number of ether oxygens (including phenoxy) is 2. The summed E-state index contributed by atoms with van der Waals surface area (Å²) in [5.41, 5.74) is 0.988. The Morgan fingerprint density at radius 3 is 2.82 bits per heavy atom. The number of carbonyl (C=O) groups is 1. The molecule has 5 nitrogen and oxygen atoms in total. The van der Waals surface area contributed by atoms with Crippen molar-refractivity contribution in [2.24, 2.45) is 0 Å². The fourth-order valence-electron chi connectivity index (χ4n) is 2.70. The van der Waals surface area contributed by atoms with E-state index in [9.17, 15) is 4.79 Å². The largest absolute Gasteiger partial charge is 0.493 e. The number of methoxy groups -OCH3 is 2. The second kappa shape index (κ2) is 8.17. The molecule has 0 aromatic heterocycles. The molecule has 1 heterocycles. The van der Waals surface area contributed by atoms with Gasteiger partial charge in [0.15, 0.2) is 11.5 Å². The summed E-state index contributed by atoms with van der Waals surface area (Å²) in [6.45, 7) is 1.62. The number of hydrogen-bond acceptors (Lipinski definition) is 5. The summed E-state index contributed by atoms with van der Waals surface area (Å²) in [6, 6.07) is 6.07. The number of hydrogen-bond donors (Lipinski definition) is 1. The second-order valence-corrected chi connectivity index (χ2v) is 6.19. The quantitative estimate of drug-likeness (QED) is 0.871. The monoisotopic (exact) mass is 324 g/mol. The van der Waals surface area contributed by atoms with E-state index in [1.54, 1.807) is 26.0 Å². The van der Waals surface area contributed by atoms with Gasteiger partial charge < -0.3 is 19.7 Å². The fraction of sp³-hybridized carbons (Fsp3) is 0.562. The Morgan fingerprint density at radius 2 is 2.14 bits per heavy atom. The van der Waals surface area contributed by atoms with Crippen molar-refractivity contribution in [3.05, 3.63) is 18.2 Å². The number of amides is 1. The van der Waals surface area contributed by atoms with Crippen LogP contribution in [-0.2, 0) is 4.79 Å². The van der Waals surface area contributed by atoms with Gasteiger partial charge in [-0.2, -0.15) is 11.8 Å². The Morgan fingerprint density at radius 1 is 1.36 bits per heavy atom. The zero-order chi connectivity index (χ0) is 15.9. The van der Waals surface area contributed by atoms with E-state index in [2.05, 4.69) is 5.32 Å². The van der Waals surface area contributed by atoms with Crippen molar-refractivity contribution in [2.75, 3.05) is 44.6 Å². The Balaban J connectivity index is 1.99. The van der Waals surface area contributed by atoms with Crippen LogP contribution in [0.2, 0.25) is 0 Å². The lowest BCUT2D eigenvalue weighted by Gasteiger charge is -2.33. The highest BCUT2D eigenvalue weighted by Gasteiger charge is 2.23. The number of thioether (sulfide) groups is 1. The van der Waals surface area contributed by atoms with Gasteiger partial charge in [0.1, 0.15) is 0 Å². The molecule has 0 bridgehead atoms. The third-order valence-electron chi connectivity index (χ3n) is 3.80. The lowest BCUT2D eigenvalue weighted by atomic mass is 10.1. The van der Waals surface area contributed by atoms with Crippen LogP contribution in [0.25, 0.3) is 0 Å². The van der Waals surface area contributed by atoms with Crippen LogP contribution in [0.3, 0.4) is 0 Å². The molecule has 0 unspecified atom stereocenters. The van der Waals surface area contributed by atoms with E-state index in [0.717, 1.165) is 31.6 Å². The van der Waals surface area contributed by atoms with Crippen molar-refractivity contribution in [3.8, 4) is 11.5 Å². The average Bonchev–Trinajstić information content (AvgIpc) is 2.55. The van der Waals surface area contributed by atoms with Crippen LogP contribution in [0, 0.1) is 0 Å². The third kappa shape index (κ3) is 4.22. The predicted molar refractivity (Wildman–Crippen MR) is 91.2 cm³/mol. The van der Waals surface area contributed by atoms with E-state index >= 15 is 0 Å². The Kier molecular flexibility index (Phi) is 6.24. The van der Waals surface area contributed by atoms with E-state index in [0.29, 0.717) is 17.3 Å². The maximum atomic E-state index is 12.0. The topological polar surface area (TPSA) is 50.8 Å². The number of likely N-dealkylation sites (tertiary alicyclic amines) is 1. The summed E-state index contributed by atoms with van der Waals surface area (Å²) in [5.74, 6) is 2.21. The molecule has 1 fully saturated rings. The first kappa shape index (κ1) is 16.8. The van der Waals surface area contributed by atoms with E-state index < -0.39 is 0 Å². The first-order chi connectivity index (χ1) is 10.7. The molecule has 0 radical (unpaired) electrons. The van der Waals surface area contributed by atoms with Crippen LogP contribution >= 0.6 is 11.8 Å². The normalized spacial score (nSPS) is 18.0. The molecule has 0 aliphatic carbocycles. The van der Waals surface area contributed by atoms with Gasteiger partial charge in [0.2, 0.25) is 5.91 Å². The summed E-state index contributed by atoms with van der Waals surface area (Å²) < 4.78 is 10.6. The van der Waals surface area contributed by atoms with Gasteiger partial charge in [-0.1, -0.05) is 0 Å². The Labute approximate surface area is 136 Å². The van der Waals surface area contributed by atoms with Crippen molar-refractivity contribution < 1.29 is 14.3 Å². The Hall–Kier alpha value is -1.56. The molecule has 1 aromatic rings. The molecule has 1 N–H and O–H groups in total. The van der Waals surface area contributed by atoms with Gasteiger partial charge >= 0.3 is 0 Å². The Bertz CT molecular complexity index is 510. The summed E-state index contributed by atoms with van der Waals surface area (Å²) in [7, 11) is 3.26. The number of nitrogens with one attached hydrogen (secondary N) is 1. The zero-order valence-corrected chi connectivity index (χ0v) is 14.2. The first-order valence-electron chi connectivity index (χ1n) is 7.43. The van der Waals surface area contributed by atoms with Crippen molar-refractivity contribution in [2.45, 2.75) is 18.9 Å². The molecule has 1 amide bonds. The van der Waals surface area contributed by atoms with Crippen LogP contribution in [0.15, 0.2) is 18.2 Å².